The number of carboxylic acids is 1. The molecule has 0 bridgehead atoms. The Morgan fingerprint density at radius 3 is 0.777 bits per heavy atom. The Bertz CT molecular complexity index is 2220. The third-order valence-electron chi connectivity index (χ3n) is 18.6. The minimum absolute atomic E-state index is 0.182. The number of nitrogens with zero attached hydrogens (tertiary/aromatic N) is 1. The fourth-order valence-electron chi connectivity index (χ4n) is 12.1. The summed E-state index contributed by atoms with van der Waals surface area (Å²) in [6.07, 6.45) is 119. The number of carbonyl (C=O) groups excluding carboxylic acids is 2. The highest BCUT2D eigenvalue weighted by Crippen LogP contribution is 2.19. The van der Waals surface area contributed by atoms with E-state index in [-0.39, 0.29) is 38.2 Å². The Kier molecular flexibility index (Phi) is 78.9. The fourth-order valence-corrected chi connectivity index (χ4v) is 12.1. The van der Waals surface area contributed by atoms with Crippen LogP contribution < -0.4 is 0 Å². The maximum absolute atomic E-state index is 13.0. The van der Waals surface area contributed by atoms with Gasteiger partial charge in [0.1, 0.15) is 13.2 Å². The first-order valence-electron chi connectivity index (χ1n) is 43.0. The molecule has 0 fully saturated rings. The molecule has 1 N–H and O–H groups in total. The zero-order chi connectivity index (χ0) is 74.6. The maximum atomic E-state index is 13.0. The largest absolute Gasteiger partial charge is 0.477 e. The van der Waals surface area contributed by atoms with Crippen LogP contribution in [0.1, 0.15) is 373 Å². The maximum Gasteiger partial charge on any atom is 0.361 e. The molecule has 0 aliphatic rings. The Morgan fingerprint density at radius 1 is 0.291 bits per heavy atom. The summed E-state index contributed by atoms with van der Waals surface area (Å²) in [5.74, 6) is -1.99. The Morgan fingerprint density at radius 2 is 0.524 bits per heavy atom. The molecule has 9 heteroatoms. The van der Waals surface area contributed by atoms with Crippen LogP contribution in [0.15, 0.2) is 146 Å². The second-order valence-corrected chi connectivity index (χ2v) is 29.7. The summed E-state index contributed by atoms with van der Waals surface area (Å²) < 4.78 is 23.1. The molecule has 0 radical (unpaired) electrons. The van der Waals surface area contributed by atoms with Gasteiger partial charge in [0.15, 0.2) is 6.10 Å². The van der Waals surface area contributed by atoms with Gasteiger partial charge in [-0.1, -0.05) is 391 Å². The summed E-state index contributed by atoms with van der Waals surface area (Å²) in [5, 5.41) is 9.79. The van der Waals surface area contributed by atoms with Crippen LogP contribution in [0.2, 0.25) is 0 Å². The number of likely N-dealkylation sites (N-methyl/N-ethyl adjacent to an activating group) is 1. The molecule has 0 heterocycles. The van der Waals surface area contributed by atoms with Crippen LogP contribution in [-0.4, -0.2) is 87.4 Å². The van der Waals surface area contributed by atoms with E-state index in [1.165, 1.54) is 231 Å². The Balaban J connectivity index is 3.97. The number of carbonyl (C=O) groups is 3. The van der Waals surface area contributed by atoms with Crippen molar-refractivity contribution in [3.63, 3.8) is 0 Å². The zero-order valence-electron chi connectivity index (χ0n) is 67.7. The molecule has 0 spiro atoms. The van der Waals surface area contributed by atoms with E-state index in [4.69, 9.17) is 18.9 Å². The molecule has 0 saturated heterocycles. The first-order chi connectivity index (χ1) is 50.6. The molecule has 103 heavy (non-hydrogen) atoms. The molecule has 2 atom stereocenters. The van der Waals surface area contributed by atoms with E-state index in [2.05, 4.69) is 160 Å². The number of carboxylic acid groups (broad SMARTS) is 1. The number of unbranched alkanes of at least 4 members (excludes halogenated alkanes) is 40. The van der Waals surface area contributed by atoms with Gasteiger partial charge in [0.2, 0.25) is 0 Å². The molecular formula is C94H162NO8+. The highest BCUT2D eigenvalue weighted by molar-refractivity contribution is 5.71. The van der Waals surface area contributed by atoms with Crippen LogP contribution in [0, 0.1) is 0 Å². The summed E-state index contributed by atoms with van der Waals surface area (Å²) >= 11 is 0. The van der Waals surface area contributed by atoms with Gasteiger partial charge < -0.3 is 28.5 Å². The standard InChI is InChI=1S/C94H161NO8/c1-6-8-10-12-14-16-18-20-22-24-26-28-30-32-34-36-38-40-42-44-45-46-47-49-51-53-55-57-59-61-63-65-67-69-71-73-75-77-79-81-83-85-92(97)103-90(89-102-94(93(98)99)100-87-86-95(3,4)5)88-101-91(96)84-82-80-78-76-74-72-70-68-66-64-62-60-58-56-54-52-50-48-43-41-39-37-35-33-31-29-27-25-23-21-19-17-15-13-11-9-7-2/h8-11,14-17,20-23,26-29,32-35,38,40,44-45,90,94H,6-7,12-13,18-19,24-25,30-31,36-37,39,41-43,46-89H2,1-5H3/p+1/b10-8-,11-9-,16-14-,17-15-,22-20-,23-21-,28-26-,29-27-,34-32-,35-33-,40-38-,45-44-. The lowest BCUT2D eigenvalue weighted by molar-refractivity contribution is -0.870. The van der Waals surface area contributed by atoms with E-state index in [0.717, 1.165) is 116 Å². The molecule has 0 aromatic rings. The average molecular weight is 1430 g/mol. The molecule has 0 aliphatic heterocycles. The summed E-state index contributed by atoms with van der Waals surface area (Å²) in [5.41, 5.74) is 0. The van der Waals surface area contributed by atoms with Crippen LogP contribution in [-0.2, 0) is 33.3 Å². The van der Waals surface area contributed by atoms with E-state index in [1.807, 2.05) is 21.1 Å². The van der Waals surface area contributed by atoms with Gasteiger partial charge in [-0.3, -0.25) is 9.59 Å². The number of hydrogen-bond donors (Lipinski definition) is 1. The first-order valence-corrected chi connectivity index (χ1v) is 43.0. The number of quaternary nitrogens is 1. The van der Waals surface area contributed by atoms with E-state index in [1.54, 1.807) is 0 Å². The van der Waals surface area contributed by atoms with Crippen LogP contribution in [0.25, 0.3) is 0 Å². The first kappa shape index (κ1) is 98.2. The Hall–Kier alpha value is -4.83. The van der Waals surface area contributed by atoms with Gasteiger partial charge in [0.25, 0.3) is 6.29 Å². The lowest BCUT2D eigenvalue weighted by Crippen LogP contribution is -2.40. The molecule has 0 amide bonds. The van der Waals surface area contributed by atoms with E-state index in [9.17, 15) is 19.5 Å². The SMILES string of the molecule is CC/C=C\C/C=C\C/C=C\C/C=C\C/C=C\C/C=C\C/C=C\CCCCCCCCCCCCCCCCCCCCCC(=O)OC(COC(=O)CCCCCCCCCCCCCCCCCCCCCCC/C=C\C/C=C\C/C=C\C/C=C\C/C=C\CC)COC(OCC[N+](C)(C)C)C(=O)O. The van der Waals surface area contributed by atoms with Crippen LogP contribution >= 0.6 is 0 Å². The number of ether oxygens (including phenoxy) is 4. The lowest BCUT2D eigenvalue weighted by atomic mass is 10.0. The summed E-state index contributed by atoms with van der Waals surface area (Å²) in [7, 11) is 5.99. The third kappa shape index (κ3) is 84.3. The van der Waals surface area contributed by atoms with Crippen LogP contribution in [0.3, 0.4) is 0 Å². The quantitative estimate of drug-likeness (QED) is 0.0211. The van der Waals surface area contributed by atoms with Crippen molar-refractivity contribution in [2.45, 2.75) is 386 Å². The van der Waals surface area contributed by atoms with Gasteiger partial charge in [-0.2, -0.15) is 0 Å². The minimum Gasteiger partial charge on any atom is -0.477 e. The summed E-state index contributed by atoms with van der Waals surface area (Å²) in [6, 6.07) is 0. The highest BCUT2D eigenvalue weighted by Gasteiger charge is 2.25. The zero-order valence-corrected chi connectivity index (χ0v) is 67.7. The van der Waals surface area contributed by atoms with E-state index < -0.39 is 18.4 Å². The van der Waals surface area contributed by atoms with Gasteiger partial charge in [0.05, 0.1) is 34.4 Å². The molecule has 2 unspecified atom stereocenters. The van der Waals surface area contributed by atoms with Gasteiger partial charge in [-0.15, -0.1) is 0 Å². The number of esters is 2. The number of aliphatic carboxylic acids is 1. The molecule has 0 aromatic heterocycles. The third-order valence-corrected chi connectivity index (χ3v) is 18.6. The normalized spacial score (nSPS) is 13.4. The van der Waals surface area contributed by atoms with Crippen molar-refractivity contribution in [1.29, 1.82) is 0 Å². The number of allylic oxidation sites excluding steroid dienone is 24. The number of rotatable bonds is 79. The average Bonchev–Trinajstić information content (AvgIpc) is 1.01. The van der Waals surface area contributed by atoms with Crippen molar-refractivity contribution in [2.75, 3.05) is 47.5 Å². The van der Waals surface area contributed by atoms with Gasteiger partial charge in [-0.05, 0) is 116 Å². The van der Waals surface area contributed by atoms with Crippen molar-refractivity contribution in [3.8, 4) is 0 Å². The predicted molar refractivity (Wildman–Crippen MR) is 447 cm³/mol. The second-order valence-electron chi connectivity index (χ2n) is 29.7. The number of hydrogen-bond acceptors (Lipinski definition) is 7. The second kappa shape index (κ2) is 82.8. The highest BCUT2D eigenvalue weighted by atomic mass is 16.7. The molecular weight excluding hydrogens is 1270 g/mol. The topological polar surface area (TPSA) is 108 Å². The molecule has 0 rings (SSSR count). The van der Waals surface area contributed by atoms with Crippen LogP contribution in [0.4, 0.5) is 0 Å². The lowest BCUT2D eigenvalue weighted by Gasteiger charge is -2.25. The van der Waals surface area contributed by atoms with Crippen LogP contribution in [0.5, 0.6) is 0 Å². The predicted octanol–water partition coefficient (Wildman–Crippen LogP) is 28.2. The smallest absolute Gasteiger partial charge is 0.361 e. The molecule has 0 saturated carbocycles. The van der Waals surface area contributed by atoms with Gasteiger partial charge in [-0.25, -0.2) is 4.79 Å². The van der Waals surface area contributed by atoms with Crippen molar-refractivity contribution in [2.24, 2.45) is 0 Å². The molecule has 0 aromatic carbocycles. The molecule has 590 valence electrons. The van der Waals surface area contributed by atoms with Gasteiger partial charge in [0, 0.05) is 12.8 Å². The summed E-state index contributed by atoms with van der Waals surface area (Å²) in [6.45, 7) is 4.69. The summed E-state index contributed by atoms with van der Waals surface area (Å²) in [4.78, 5) is 37.8. The van der Waals surface area contributed by atoms with E-state index >= 15 is 0 Å². The van der Waals surface area contributed by atoms with Crippen molar-refractivity contribution >= 4 is 17.9 Å². The molecule has 9 nitrogen and oxygen atoms in total. The van der Waals surface area contributed by atoms with Crippen molar-refractivity contribution in [1.82, 2.24) is 0 Å². The molecule has 0 aliphatic carbocycles. The van der Waals surface area contributed by atoms with Crippen molar-refractivity contribution in [3.05, 3.63) is 146 Å². The van der Waals surface area contributed by atoms with Gasteiger partial charge >= 0.3 is 17.9 Å². The van der Waals surface area contributed by atoms with E-state index in [0.29, 0.717) is 17.4 Å². The monoisotopic (exact) mass is 1430 g/mol. The van der Waals surface area contributed by atoms with Crippen molar-refractivity contribution < 1.29 is 42.9 Å². The Labute approximate surface area is 636 Å². The fraction of sp³-hybridized carbons (Fsp3) is 0.713. The minimum atomic E-state index is -1.52.